The van der Waals surface area contributed by atoms with Crippen LogP contribution in [0.5, 0.6) is 0 Å². The van der Waals surface area contributed by atoms with E-state index in [2.05, 4.69) is 17.5 Å². The van der Waals surface area contributed by atoms with Gasteiger partial charge < -0.3 is 10.2 Å². The molecule has 1 rings (SSSR count). The van der Waals surface area contributed by atoms with Gasteiger partial charge in [0.2, 0.25) is 11.8 Å². The fourth-order valence-electron chi connectivity index (χ4n) is 2.16. The van der Waals surface area contributed by atoms with E-state index in [1.54, 1.807) is 4.90 Å². The third kappa shape index (κ3) is 4.51. The van der Waals surface area contributed by atoms with Crippen molar-refractivity contribution in [1.82, 2.24) is 10.2 Å². The molecule has 0 aliphatic heterocycles. The molecule has 0 bridgehead atoms. The lowest BCUT2D eigenvalue weighted by atomic mass is 9.93. The van der Waals surface area contributed by atoms with Crippen molar-refractivity contribution >= 4 is 11.8 Å². The monoisotopic (exact) mass is 252 g/mol. The van der Waals surface area contributed by atoms with Gasteiger partial charge in [0.25, 0.3) is 0 Å². The zero-order valence-corrected chi connectivity index (χ0v) is 11.6. The molecule has 0 aromatic rings. The maximum atomic E-state index is 12.3. The normalized spacial score (nSPS) is 18.8. The zero-order chi connectivity index (χ0) is 13.5. The van der Waals surface area contributed by atoms with Gasteiger partial charge in [0.05, 0.1) is 6.54 Å². The molecule has 0 saturated carbocycles. The van der Waals surface area contributed by atoms with E-state index in [4.69, 9.17) is 0 Å². The van der Waals surface area contributed by atoms with Gasteiger partial charge in [0.15, 0.2) is 0 Å². The third-order valence-corrected chi connectivity index (χ3v) is 3.10. The van der Waals surface area contributed by atoms with Crippen molar-refractivity contribution in [1.29, 1.82) is 0 Å². The smallest absolute Gasteiger partial charge is 0.239 e. The van der Waals surface area contributed by atoms with Crippen molar-refractivity contribution in [2.45, 2.75) is 46.1 Å². The Hall–Kier alpha value is -1.32. The summed E-state index contributed by atoms with van der Waals surface area (Å²) < 4.78 is 0. The fraction of sp³-hybridized carbons (Fsp3) is 0.714. The van der Waals surface area contributed by atoms with E-state index in [0.717, 1.165) is 19.3 Å². The van der Waals surface area contributed by atoms with Crippen LogP contribution in [0, 0.1) is 5.92 Å². The molecule has 0 radical (unpaired) electrons. The average Bonchev–Trinajstić information content (AvgIpc) is 2.35. The molecule has 0 spiro atoms. The number of carbonyl (C=O) groups excluding carboxylic acids is 2. The van der Waals surface area contributed by atoms with Gasteiger partial charge in [-0.3, -0.25) is 9.59 Å². The summed E-state index contributed by atoms with van der Waals surface area (Å²) in [6.07, 6.45) is 6.85. The van der Waals surface area contributed by atoms with Crippen LogP contribution in [0.4, 0.5) is 0 Å². The molecule has 102 valence electrons. The van der Waals surface area contributed by atoms with Gasteiger partial charge in [-0.15, -0.1) is 0 Å². The number of hydrogen-bond donors (Lipinski definition) is 1. The summed E-state index contributed by atoms with van der Waals surface area (Å²) in [5.74, 6) is 0.0918. The van der Waals surface area contributed by atoms with Crippen LogP contribution in [-0.4, -0.2) is 35.8 Å². The van der Waals surface area contributed by atoms with Crippen molar-refractivity contribution in [3.05, 3.63) is 12.2 Å². The molecule has 1 aliphatic rings. The highest BCUT2D eigenvalue weighted by molar-refractivity contribution is 5.86. The average molecular weight is 252 g/mol. The number of carbonyl (C=O) groups is 2. The standard InChI is InChI=1S/C14H24N2O2/c1-4-16(10-13(17)15-11(2)3)14(18)12-8-6-5-7-9-12/h5-6,11-12H,4,7-10H2,1-3H3,(H,15,17). The Bertz CT molecular complexity index is 324. The van der Waals surface area contributed by atoms with E-state index in [1.807, 2.05) is 20.8 Å². The summed E-state index contributed by atoms with van der Waals surface area (Å²) in [5, 5.41) is 2.82. The lowest BCUT2D eigenvalue weighted by Gasteiger charge is -2.26. The molecule has 0 saturated heterocycles. The predicted molar refractivity (Wildman–Crippen MR) is 72.0 cm³/mol. The number of hydrogen-bond acceptors (Lipinski definition) is 2. The summed E-state index contributed by atoms with van der Waals surface area (Å²) in [6, 6.07) is 0.115. The molecule has 1 atom stereocenters. The molecular formula is C14H24N2O2. The van der Waals surface area contributed by atoms with Crippen molar-refractivity contribution in [3.63, 3.8) is 0 Å². The second kappa shape index (κ2) is 7.19. The minimum atomic E-state index is -0.0773. The van der Waals surface area contributed by atoms with Crippen molar-refractivity contribution in [2.24, 2.45) is 5.92 Å². The van der Waals surface area contributed by atoms with Crippen LogP contribution in [0.3, 0.4) is 0 Å². The number of allylic oxidation sites excluding steroid dienone is 2. The van der Waals surface area contributed by atoms with Crippen molar-refractivity contribution in [2.75, 3.05) is 13.1 Å². The maximum Gasteiger partial charge on any atom is 0.239 e. The molecule has 1 N–H and O–H groups in total. The van der Waals surface area contributed by atoms with Crippen LogP contribution in [-0.2, 0) is 9.59 Å². The molecule has 4 heteroatoms. The Balaban J connectivity index is 2.51. The minimum Gasteiger partial charge on any atom is -0.352 e. The number of amides is 2. The number of nitrogens with one attached hydrogen (secondary N) is 1. The van der Waals surface area contributed by atoms with Gasteiger partial charge in [-0.25, -0.2) is 0 Å². The third-order valence-electron chi connectivity index (χ3n) is 3.10. The van der Waals surface area contributed by atoms with Crippen LogP contribution in [0.25, 0.3) is 0 Å². The number of likely N-dealkylation sites (N-methyl/N-ethyl adjacent to an activating group) is 1. The Morgan fingerprint density at radius 2 is 2.11 bits per heavy atom. The molecular weight excluding hydrogens is 228 g/mol. The Morgan fingerprint density at radius 3 is 2.61 bits per heavy atom. The minimum absolute atomic E-state index is 0.0572. The van der Waals surface area contributed by atoms with E-state index in [-0.39, 0.29) is 30.3 Å². The van der Waals surface area contributed by atoms with Crippen LogP contribution in [0.15, 0.2) is 12.2 Å². The maximum absolute atomic E-state index is 12.3. The van der Waals surface area contributed by atoms with Gasteiger partial charge >= 0.3 is 0 Å². The van der Waals surface area contributed by atoms with Crippen molar-refractivity contribution in [3.8, 4) is 0 Å². The van der Waals surface area contributed by atoms with Crippen LogP contribution < -0.4 is 5.32 Å². The van der Waals surface area contributed by atoms with Crippen molar-refractivity contribution < 1.29 is 9.59 Å². The van der Waals surface area contributed by atoms with E-state index in [1.165, 1.54) is 0 Å². The quantitative estimate of drug-likeness (QED) is 0.757. The Labute approximate surface area is 109 Å². The van der Waals surface area contributed by atoms with Gasteiger partial charge in [-0.05, 0) is 40.0 Å². The SMILES string of the molecule is CCN(CC(=O)NC(C)C)C(=O)C1CC=CCC1. The molecule has 4 nitrogen and oxygen atoms in total. The first kappa shape index (κ1) is 14.7. The van der Waals surface area contributed by atoms with E-state index in [9.17, 15) is 9.59 Å². The molecule has 2 amide bonds. The second-order valence-corrected chi connectivity index (χ2v) is 5.06. The summed E-state index contributed by atoms with van der Waals surface area (Å²) in [7, 11) is 0. The Kier molecular flexibility index (Phi) is 5.89. The van der Waals surface area contributed by atoms with Crippen LogP contribution >= 0.6 is 0 Å². The molecule has 0 aromatic heterocycles. The van der Waals surface area contributed by atoms with Gasteiger partial charge in [-0.1, -0.05) is 12.2 Å². The Morgan fingerprint density at radius 1 is 1.39 bits per heavy atom. The molecule has 0 fully saturated rings. The van der Waals surface area contributed by atoms with Crippen LogP contribution in [0.2, 0.25) is 0 Å². The lowest BCUT2D eigenvalue weighted by molar-refractivity contribution is -0.139. The number of rotatable bonds is 5. The zero-order valence-electron chi connectivity index (χ0n) is 11.6. The van der Waals surface area contributed by atoms with Gasteiger partial charge in [0, 0.05) is 18.5 Å². The summed E-state index contributed by atoms with van der Waals surface area (Å²) in [6.45, 7) is 6.52. The largest absolute Gasteiger partial charge is 0.352 e. The topological polar surface area (TPSA) is 49.4 Å². The van der Waals surface area contributed by atoms with E-state index in [0.29, 0.717) is 6.54 Å². The molecule has 0 heterocycles. The summed E-state index contributed by atoms with van der Waals surface area (Å²) in [5.41, 5.74) is 0. The summed E-state index contributed by atoms with van der Waals surface area (Å²) in [4.78, 5) is 25.6. The molecule has 0 aromatic carbocycles. The molecule has 1 unspecified atom stereocenters. The van der Waals surface area contributed by atoms with E-state index >= 15 is 0 Å². The van der Waals surface area contributed by atoms with Crippen LogP contribution in [0.1, 0.15) is 40.0 Å². The summed E-state index contributed by atoms with van der Waals surface area (Å²) >= 11 is 0. The first-order valence-corrected chi connectivity index (χ1v) is 6.77. The predicted octanol–water partition coefficient (Wildman–Crippen LogP) is 1.72. The highest BCUT2D eigenvalue weighted by Crippen LogP contribution is 2.20. The van der Waals surface area contributed by atoms with Gasteiger partial charge in [-0.2, -0.15) is 0 Å². The lowest BCUT2D eigenvalue weighted by Crippen LogP contribution is -2.44. The number of nitrogens with zero attached hydrogens (tertiary/aromatic N) is 1. The highest BCUT2D eigenvalue weighted by atomic mass is 16.2. The highest BCUT2D eigenvalue weighted by Gasteiger charge is 2.24. The molecule has 18 heavy (non-hydrogen) atoms. The van der Waals surface area contributed by atoms with Gasteiger partial charge in [0.1, 0.15) is 0 Å². The second-order valence-electron chi connectivity index (χ2n) is 5.06. The van der Waals surface area contributed by atoms with E-state index < -0.39 is 0 Å². The first-order chi connectivity index (χ1) is 8.54. The first-order valence-electron chi connectivity index (χ1n) is 6.77. The molecule has 1 aliphatic carbocycles. The fourth-order valence-corrected chi connectivity index (χ4v) is 2.16.